The van der Waals surface area contributed by atoms with Crippen LogP contribution < -0.4 is 0 Å². The Kier molecular flexibility index (Phi) is 4.19. The van der Waals surface area contributed by atoms with E-state index in [9.17, 15) is 0 Å². The first-order chi connectivity index (χ1) is 6.69. The van der Waals surface area contributed by atoms with Gasteiger partial charge in [0.25, 0.3) is 0 Å². The summed E-state index contributed by atoms with van der Waals surface area (Å²) in [5.41, 5.74) is 6.17. The van der Waals surface area contributed by atoms with Gasteiger partial charge in [0, 0.05) is 0 Å². The average molecular weight is 190 g/mol. The topological polar surface area (TPSA) is 0 Å². The first kappa shape index (κ1) is 11.3. The Bertz CT molecular complexity index is 287. The summed E-state index contributed by atoms with van der Waals surface area (Å²) in [6.07, 6.45) is 9.51. The van der Waals surface area contributed by atoms with Gasteiger partial charge >= 0.3 is 0 Å². The van der Waals surface area contributed by atoms with Gasteiger partial charge in [0.1, 0.15) is 0 Å². The van der Waals surface area contributed by atoms with Gasteiger partial charge in [-0.1, -0.05) is 37.1 Å². The minimum atomic E-state index is 1.18. The van der Waals surface area contributed by atoms with Crippen LogP contribution in [0.25, 0.3) is 0 Å². The van der Waals surface area contributed by atoms with E-state index in [4.69, 9.17) is 0 Å². The lowest BCUT2D eigenvalue weighted by Crippen LogP contribution is -1.97. The Morgan fingerprint density at radius 2 is 2.00 bits per heavy atom. The van der Waals surface area contributed by atoms with E-state index in [2.05, 4.69) is 39.8 Å². The molecule has 0 aromatic rings. The Labute approximate surface area is 88.4 Å². The maximum absolute atomic E-state index is 2.36. The van der Waals surface area contributed by atoms with E-state index in [1.54, 1.807) is 16.7 Å². The second-order valence-corrected chi connectivity index (χ2v) is 4.12. The van der Waals surface area contributed by atoms with Crippen LogP contribution in [-0.2, 0) is 0 Å². The van der Waals surface area contributed by atoms with Crippen molar-refractivity contribution >= 4 is 0 Å². The maximum Gasteiger partial charge on any atom is -0.0241 e. The van der Waals surface area contributed by atoms with Gasteiger partial charge in [0.05, 0.1) is 0 Å². The molecule has 14 heavy (non-hydrogen) atoms. The Balaban J connectivity index is 2.96. The second kappa shape index (κ2) is 5.19. The van der Waals surface area contributed by atoms with Crippen LogP contribution >= 0.6 is 0 Å². The van der Waals surface area contributed by atoms with E-state index in [0.29, 0.717) is 0 Å². The van der Waals surface area contributed by atoms with Crippen molar-refractivity contribution in [2.24, 2.45) is 0 Å². The minimum Gasteiger partial charge on any atom is -0.0813 e. The fourth-order valence-corrected chi connectivity index (χ4v) is 2.12. The van der Waals surface area contributed by atoms with E-state index < -0.39 is 0 Å². The molecule has 0 saturated carbocycles. The molecule has 78 valence electrons. The molecule has 0 atom stereocenters. The van der Waals surface area contributed by atoms with Crippen LogP contribution in [0.4, 0.5) is 0 Å². The highest BCUT2D eigenvalue weighted by atomic mass is 14.1. The zero-order chi connectivity index (χ0) is 10.6. The van der Waals surface area contributed by atoms with Crippen molar-refractivity contribution in [3.05, 3.63) is 34.4 Å². The quantitative estimate of drug-likeness (QED) is 0.600. The highest BCUT2D eigenvalue weighted by molar-refractivity contribution is 5.41. The van der Waals surface area contributed by atoms with Crippen molar-refractivity contribution in [3.8, 4) is 0 Å². The molecule has 0 heterocycles. The Morgan fingerprint density at radius 1 is 1.29 bits per heavy atom. The number of hydrogen-bond acceptors (Lipinski definition) is 0. The molecular formula is C14H22. The third-order valence-electron chi connectivity index (χ3n) is 3.07. The Morgan fingerprint density at radius 3 is 2.50 bits per heavy atom. The fraction of sp³-hybridized carbons (Fsp3) is 0.571. The molecule has 1 aliphatic rings. The lowest BCUT2D eigenvalue weighted by atomic mass is 9.89. The van der Waals surface area contributed by atoms with Gasteiger partial charge in [-0.25, -0.2) is 0 Å². The van der Waals surface area contributed by atoms with E-state index in [1.807, 2.05) is 0 Å². The van der Waals surface area contributed by atoms with Crippen LogP contribution in [0, 0.1) is 0 Å². The zero-order valence-electron chi connectivity index (χ0n) is 9.98. The van der Waals surface area contributed by atoms with Gasteiger partial charge in [-0.2, -0.15) is 0 Å². The maximum atomic E-state index is 2.36. The molecule has 0 aliphatic heterocycles. The number of hydrogen-bond donors (Lipinski definition) is 0. The van der Waals surface area contributed by atoms with Gasteiger partial charge in [-0.3, -0.25) is 0 Å². The van der Waals surface area contributed by atoms with Crippen LogP contribution in [0.1, 0.15) is 53.4 Å². The van der Waals surface area contributed by atoms with Gasteiger partial charge in [-0.15, -0.1) is 0 Å². The van der Waals surface area contributed by atoms with E-state index >= 15 is 0 Å². The van der Waals surface area contributed by atoms with Crippen LogP contribution in [0.5, 0.6) is 0 Å². The second-order valence-electron chi connectivity index (χ2n) is 4.12. The summed E-state index contributed by atoms with van der Waals surface area (Å²) in [4.78, 5) is 0. The average Bonchev–Trinajstić information content (AvgIpc) is 2.19. The van der Waals surface area contributed by atoms with Crippen molar-refractivity contribution in [2.75, 3.05) is 0 Å². The van der Waals surface area contributed by atoms with Crippen molar-refractivity contribution in [1.29, 1.82) is 0 Å². The van der Waals surface area contributed by atoms with Gasteiger partial charge in [0.15, 0.2) is 0 Å². The summed E-state index contributed by atoms with van der Waals surface area (Å²) in [7, 11) is 0. The van der Waals surface area contributed by atoms with Gasteiger partial charge in [0.2, 0.25) is 0 Å². The fourth-order valence-electron chi connectivity index (χ4n) is 2.12. The Hall–Kier alpha value is -0.780. The summed E-state index contributed by atoms with van der Waals surface area (Å²) >= 11 is 0. The first-order valence-electron chi connectivity index (χ1n) is 5.75. The molecule has 0 aromatic heterocycles. The lowest BCUT2D eigenvalue weighted by molar-refractivity contribution is 0.899. The molecule has 0 heteroatoms. The van der Waals surface area contributed by atoms with Crippen LogP contribution in [-0.4, -0.2) is 0 Å². The zero-order valence-corrected chi connectivity index (χ0v) is 9.98. The third-order valence-corrected chi connectivity index (χ3v) is 3.07. The van der Waals surface area contributed by atoms with E-state index in [-0.39, 0.29) is 0 Å². The summed E-state index contributed by atoms with van der Waals surface area (Å²) in [5, 5.41) is 0. The van der Waals surface area contributed by atoms with Gasteiger partial charge in [-0.05, 0) is 50.7 Å². The van der Waals surface area contributed by atoms with Crippen molar-refractivity contribution in [3.63, 3.8) is 0 Å². The molecule has 0 bridgehead atoms. The van der Waals surface area contributed by atoms with Crippen molar-refractivity contribution in [2.45, 2.75) is 53.4 Å². The molecular weight excluding hydrogens is 168 g/mol. The molecule has 0 radical (unpaired) electrons. The lowest BCUT2D eigenvalue weighted by Gasteiger charge is -2.17. The number of allylic oxidation sites excluding steroid dienone is 6. The summed E-state index contributed by atoms with van der Waals surface area (Å²) in [6.45, 7) is 8.99. The predicted octanol–water partition coefficient (Wildman–Crippen LogP) is 4.79. The van der Waals surface area contributed by atoms with Gasteiger partial charge < -0.3 is 0 Å². The molecule has 0 saturated heterocycles. The molecule has 1 aliphatic carbocycles. The predicted molar refractivity (Wildman–Crippen MR) is 64.4 cm³/mol. The van der Waals surface area contributed by atoms with E-state index in [1.165, 1.54) is 31.3 Å². The number of rotatable bonds is 3. The summed E-state index contributed by atoms with van der Waals surface area (Å²) in [6, 6.07) is 0. The molecule has 1 rings (SSSR count). The minimum absolute atomic E-state index is 1.18. The molecule has 0 spiro atoms. The molecule has 0 unspecified atom stereocenters. The molecule has 0 aromatic carbocycles. The normalized spacial score (nSPS) is 18.6. The molecule has 0 N–H and O–H groups in total. The third kappa shape index (κ3) is 2.60. The first-order valence-corrected chi connectivity index (χ1v) is 5.75. The SMILES string of the molecule is CC/C(C)=C(\CC)C1=CC(C)=CCC1. The largest absolute Gasteiger partial charge is 0.0813 e. The van der Waals surface area contributed by atoms with Crippen molar-refractivity contribution in [1.82, 2.24) is 0 Å². The standard InChI is InChI=1S/C14H22/c1-5-12(4)14(6-2)13-9-7-8-11(3)10-13/h8,10H,5-7,9H2,1-4H3/b14-12+. The van der Waals surface area contributed by atoms with Crippen LogP contribution in [0.2, 0.25) is 0 Å². The monoisotopic (exact) mass is 190 g/mol. The smallest absolute Gasteiger partial charge is 0.0241 e. The van der Waals surface area contributed by atoms with Crippen molar-refractivity contribution < 1.29 is 0 Å². The molecule has 0 fully saturated rings. The summed E-state index contributed by atoms with van der Waals surface area (Å²) < 4.78 is 0. The molecule has 0 nitrogen and oxygen atoms in total. The van der Waals surface area contributed by atoms with Crippen LogP contribution in [0.3, 0.4) is 0 Å². The molecule has 0 amide bonds. The highest BCUT2D eigenvalue weighted by Gasteiger charge is 2.08. The highest BCUT2D eigenvalue weighted by Crippen LogP contribution is 2.28. The summed E-state index contributed by atoms with van der Waals surface area (Å²) in [5.74, 6) is 0. The van der Waals surface area contributed by atoms with E-state index in [0.717, 1.165) is 0 Å². The van der Waals surface area contributed by atoms with Crippen LogP contribution in [0.15, 0.2) is 34.4 Å².